The number of aromatic nitrogens is 3. The molecule has 4 rings (SSSR count). The first-order valence-electron chi connectivity index (χ1n) is 12.3. The minimum atomic E-state index is -5.40. The largest absolute Gasteiger partial charge is 0.481 e. The molecule has 0 aromatic carbocycles. The summed E-state index contributed by atoms with van der Waals surface area (Å²) >= 11 is 0. The number of rotatable bonds is 11. The Morgan fingerprint density at radius 3 is 2.23 bits per heavy atom. The summed E-state index contributed by atoms with van der Waals surface area (Å²) in [6, 6.07) is 2.82. The molecule has 0 spiro atoms. The smallest absolute Gasteiger partial charge is 0.387 e. The maximum absolute atomic E-state index is 12.4. The fourth-order valence-electron chi connectivity index (χ4n) is 4.28. The van der Waals surface area contributed by atoms with Gasteiger partial charge in [-0.25, -0.2) is 13.9 Å². The molecule has 43 heavy (non-hydrogen) atoms. The number of aliphatic hydroxyl groups is 4. The van der Waals surface area contributed by atoms with Crippen molar-refractivity contribution in [3.63, 3.8) is 0 Å². The first kappa shape index (κ1) is 33.2. The van der Waals surface area contributed by atoms with Gasteiger partial charge in [0.1, 0.15) is 41.9 Å². The van der Waals surface area contributed by atoms with Crippen LogP contribution in [0.4, 0.5) is 5.82 Å². The highest BCUT2D eigenvalue weighted by molar-refractivity contribution is 7.61. The lowest BCUT2D eigenvalue weighted by atomic mass is 10.1. The molecule has 2 aliphatic rings. The van der Waals surface area contributed by atoms with Crippen molar-refractivity contribution in [1.29, 1.82) is 0 Å². The van der Waals surface area contributed by atoms with E-state index in [0.29, 0.717) is 5.56 Å². The number of aryl methyl sites for hydroxylation is 1. The Hall–Kier alpha value is -2.68. The second kappa shape index (κ2) is 12.7. The number of ether oxygens (including phenoxy) is 2. The van der Waals surface area contributed by atoms with Crippen LogP contribution in [0.15, 0.2) is 35.5 Å². The van der Waals surface area contributed by atoms with Gasteiger partial charge in [0, 0.05) is 17.8 Å². The molecule has 0 saturated carbocycles. The molecule has 10 N–H and O–H groups in total. The molecule has 238 valence electrons. The molecule has 2 aliphatic heterocycles. The van der Waals surface area contributed by atoms with Crippen molar-refractivity contribution < 1.29 is 71.5 Å². The number of hydrogen-bond acceptors (Lipinski definition) is 15. The maximum atomic E-state index is 12.4. The van der Waals surface area contributed by atoms with E-state index in [1.807, 2.05) is 0 Å². The van der Waals surface area contributed by atoms with Gasteiger partial charge in [-0.3, -0.25) is 18.4 Å². The van der Waals surface area contributed by atoms with Crippen molar-refractivity contribution in [1.82, 2.24) is 9.55 Å². The van der Waals surface area contributed by atoms with E-state index in [-0.39, 0.29) is 11.4 Å². The molecule has 20 nitrogen and oxygen atoms in total. The molecular weight excluding hydrogens is 624 g/mol. The highest BCUT2D eigenvalue weighted by atomic mass is 31.3. The van der Waals surface area contributed by atoms with Crippen molar-refractivity contribution in [2.45, 2.75) is 56.0 Å². The third-order valence-corrected chi connectivity index (χ3v) is 9.13. The molecule has 0 aliphatic carbocycles. The van der Waals surface area contributed by atoms with Crippen LogP contribution in [0.2, 0.25) is 0 Å². The van der Waals surface area contributed by atoms with Gasteiger partial charge in [-0.05, 0) is 13.0 Å². The first-order chi connectivity index (χ1) is 20.0. The molecule has 0 radical (unpaired) electrons. The van der Waals surface area contributed by atoms with E-state index in [2.05, 4.69) is 18.3 Å². The first-order valence-corrected chi connectivity index (χ1v) is 15.3. The lowest BCUT2D eigenvalue weighted by Crippen LogP contribution is -2.46. The summed E-state index contributed by atoms with van der Waals surface area (Å²) in [5, 5.41) is 41.3. The SMILES string of the molecule is Cc1cn([C@H]2O[C@@H](COP(=O)(O)OP(=O)(O)OC[C@H]3O[C@@H]([n+]4cccc(C(N)=O)c4)[C@H](O)[C@@H]3O)[C@H](O)[C@@H]2O)c(=O)nc1N. The van der Waals surface area contributed by atoms with Gasteiger partial charge in [0.2, 0.25) is 0 Å². The van der Waals surface area contributed by atoms with E-state index < -0.39 is 89.5 Å². The molecule has 2 saturated heterocycles. The van der Waals surface area contributed by atoms with Gasteiger partial charge < -0.3 is 51.2 Å². The van der Waals surface area contributed by atoms with Crippen LogP contribution in [-0.4, -0.2) is 95.5 Å². The number of nitrogen functional groups attached to an aromatic ring is 1. The molecule has 2 fully saturated rings. The molecule has 2 aromatic rings. The minimum absolute atomic E-state index is 0.0614. The Balaban J connectivity index is 1.33. The second-order valence-electron chi connectivity index (χ2n) is 9.61. The van der Waals surface area contributed by atoms with Crippen molar-refractivity contribution in [3.8, 4) is 0 Å². The number of carbonyl (C=O) groups is 1. The van der Waals surface area contributed by atoms with E-state index >= 15 is 0 Å². The molecule has 2 aromatic heterocycles. The molecule has 1 amide bonds. The van der Waals surface area contributed by atoms with Crippen LogP contribution in [0.3, 0.4) is 0 Å². The van der Waals surface area contributed by atoms with Gasteiger partial charge >= 0.3 is 21.3 Å². The summed E-state index contributed by atoms with van der Waals surface area (Å²) in [5.41, 5.74) is 10.3. The fourth-order valence-corrected chi connectivity index (χ4v) is 6.37. The predicted octanol–water partition coefficient (Wildman–Crippen LogP) is -3.29. The summed E-state index contributed by atoms with van der Waals surface area (Å²) in [6.07, 6.45) is -8.56. The second-order valence-corrected chi connectivity index (χ2v) is 12.6. The van der Waals surface area contributed by atoms with Crippen molar-refractivity contribution >= 4 is 27.4 Å². The average molecular weight is 654 g/mol. The van der Waals surface area contributed by atoms with Crippen LogP contribution in [0, 0.1) is 6.92 Å². The number of amides is 1. The standard InChI is InChI=1S/C21H29N5O15P2/c1-9-5-26(21(32)24-17(9)22)20-16(30)14(28)12(40-20)8-38-43(35,36)41-42(33,34)37-7-11-13(27)15(29)19(39-11)25-4-2-3-10(6-25)18(23)31/h2-6,11-16,19-20,27-30H,7-8H2,1H3,(H5-,22,23,24,31,32,33,34,35,36)/p+1/t11-,12+,13-,14+,15-,16+,19-,20+/m1/s1. The zero-order valence-corrected chi connectivity index (χ0v) is 24.0. The Labute approximate surface area is 241 Å². The number of aliphatic hydroxyl groups excluding tert-OH is 4. The van der Waals surface area contributed by atoms with Crippen LogP contribution in [0.1, 0.15) is 28.4 Å². The average Bonchev–Trinajstić information content (AvgIpc) is 3.37. The summed E-state index contributed by atoms with van der Waals surface area (Å²) in [7, 11) is -10.8. The third-order valence-electron chi connectivity index (χ3n) is 6.53. The molecule has 2 unspecified atom stereocenters. The Morgan fingerprint density at radius 2 is 1.63 bits per heavy atom. The summed E-state index contributed by atoms with van der Waals surface area (Å²) in [4.78, 5) is 47.1. The highest BCUT2D eigenvalue weighted by Gasteiger charge is 2.50. The number of nitrogens with zero attached hydrogens (tertiary/aromatic N) is 3. The molecule has 4 heterocycles. The van der Waals surface area contributed by atoms with Crippen molar-refractivity contribution in [2.75, 3.05) is 18.9 Å². The van der Waals surface area contributed by atoms with Crippen molar-refractivity contribution in [2.24, 2.45) is 5.73 Å². The Morgan fingerprint density at radius 1 is 1.05 bits per heavy atom. The number of phosphoric acid groups is 2. The number of carbonyl (C=O) groups excluding carboxylic acids is 1. The number of primary amides is 1. The van der Waals surface area contributed by atoms with Gasteiger partial charge in [-0.15, -0.1) is 0 Å². The number of nitrogens with two attached hydrogens (primary N) is 2. The zero-order valence-electron chi connectivity index (χ0n) is 22.2. The molecule has 0 bridgehead atoms. The summed E-state index contributed by atoms with van der Waals surface area (Å²) < 4.78 is 51.2. The minimum Gasteiger partial charge on any atom is -0.387 e. The van der Waals surface area contributed by atoms with Gasteiger partial charge in [0.15, 0.2) is 24.7 Å². The lowest BCUT2D eigenvalue weighted by Gasteiger charge is -2.20. The van der Waals surface area contributed by atoms with Crippen LogP contribution in [-0.2, 0) is 32.0 Å². The fraction of sp³-hybridized carbons (Fsp3) is 0.524. The van der Waals surface area contributed by atoms with Crippen LogP contribution >= 0.6 is 15.6 Å². The predicted molar refractivity (Wildman–Crippen MR) is 137 cm³/mol. The Bertz CT molecular complexity index is 1510. The number of hydrogen-bond donors (Lipinski definition) is 8. The molecule has 22 heteroatoms. The van der Waals surface area contributed by atoms with Gasteiger partial charge in [0.25, 0.3) is 12.1 Å². The highest BCUT2D eigenvalue weighted by Crippen LogP contribution is 2.60. The van der Waals surface area contributed by atoms with E-state index in [9.17, 15) is 48.9 Å². The van der Waals surface area contributed by atoms with Gasteiger partial charge in [-0.2, -0.15) is 13.9 Å². The summed E-state index contributed by atoms with van der Waals surface area (Å²) in [6.45, 7) is -0.353. The zero-order chi connectivity index (χ0) is 31.9. The van der Waals surface area contributed by atoms with E-state index in [4.69, 9.17) is 20.9 Å². The number of pyridine rings is 1. The Kier molecular flexibility index (Phi) is 9.84. The lowest BCUT2D eigenvalue weighted by molar-refractivity contribution is -0.765. The van der Waals surface area contributed by atoms with Gasteiger partial charge in [-0.1, -0.05) is 0 Å². The topological polar surface area (TPSA) is 310 Å². The van der Waals surface area contributed by atoms with Crippen molar-refractivity contribution in [3.05, 3.63) is 52.3 Å². The molecular formula is C21H30N5O15P2+. The van der Waals surface area contributed by atoms with E-state index in [0.717, 1.165) is 4.57 Å². The summed E-state index contributed by atoms with van der Waals surface area (Å²) in [5.74, 6) is -0.840. The quantitative estimate of drug-likeness (QED) is 0.0869. The third kappa shape index (κ3) is 7.52. The number of phosphoric ester groups is 2. The van der Waals surface area contributed by atoms with Crippen LogP contribution < -0.4 is 21.7 Å². The normalized spacial score (nSPS) is 31.9. The molecule has 10 atom stereocenters. The van der Waals surface area contributed by atoms with Crippen LogP contribution in [0.25, 0.3) is 0 Å². The van der Waals surface area contributed by atoms with Gasteiger partial charge in [0.05, 0.1) is 13.2 Å². The maximum Gasteiger partial charge on any atom is 0.481 e. The number of anilines is 1. The van der Waals surface area contributed by atoms with E-state index in [1.165, 1.54) is 42.2 Å². The van der Waals surface area contributed by atoms with E-state index in [1.54, 1.807) is 0 Å². The van der Waals surface area contributed by atoms with Crippen LogP contribution in [0.5, 0.6) is 0 Å². The monoisotopic (exact) mass is 654 g/mol.